The quantitative estimate of drug-likeness (QED) is 0.128. The van der Waals surface area contributed by atoms with Crippen molar-refractivity contribution in [1.82, 2.24) is 10.6 Å². The van der Waals surface area contributed by atoms with Crippen LogP contribution in [-0.4, -0.2) is 50.1 Å². The molecule has 3 aliphatic carbocycles. The topological polar surface area (TPSA) is 130 Å². The van der Waals surface area contributed by atoms with Gasteiger partial charge in [0.25, 0.3) is 5.91 Å². The summed E-state index contributed by atoms with van der Waals surface area (Å²) in [7, 11) is 1.35. The molecule has 164 valence electrons. The van der Waals surface area contributed by atoms with Gasteiger partial charge in [-0.2, -0.15) is 0 Å². The number of amides is 1. The van der Waals surface area contributed by atoms with Gasteiger partial charge >= 0.3 is 7.69 Å². The lowest BCUT2D eigenvalue weighted by Crippen LogP contribution is -2.49. The summed E-state index contributed by atoms with van der Waals surface area (Å²) in [5.74, 6) is -0.313. The number of nitrogens with one attached hydrogen (secondary N) is 3. The third-order valence-corrected chi connectivity index (χ3v) is 6.87. The molecule has 4 rings (SSSR count). The van der Waals surface area contributed by atoms with Crippen LogP contribution >= 0.6 is 0 Å². The summed E-state index contributed by atoms with van der Waals surface area (Å²) in [6.45, 7) is 0.497. The molecule has 3 saturated carbocycles. The van der Waals surface area contributed by atoms with Crippen LogP contribution in [-0.2, 0) is 14.8 Å². The molecule has 0 unspecified atom stereocenters. The zero-order valence-corrected chi connectivity index (χ0v) is 17.7. The minimum atomic E-state index is -0.607. The SMILES string of the molecule is COC12CCC(c3cccc(C(=O)N[C@@H](CCCNC(=N)N)OBO)c3)(CC1)CC2. The summed E-state index contributed by atoms with van der Waals surface area (Å²) < 4.78 is 11.1. The Morgan fingerprint density at radius 1 is 1.30 bits per heavy atom. The molecule has 8 nitrogen and oxygen atoms in total. The van der Waals surface area contributed by atoms with E-state index in [2.05, 4.69) is 16.7 Å². The number of hydrogen-bond donors (Lipinski definition) is 5. The third kappa shape index (κ3) is 5.14. The number of fused-ring (bicyclic) bond motifs is 3. The highest BCUT2D eigenvalue weighted by atomic mass is 16.5. The first-order chi connectivity index (χ1) is 14.4. The van der Waals surface area contributed by atoms with Crippen molar-refractivity contribution in [2.75, 3.05) is 13.7 Å². The van der Waals surface area contributed by atoms with Crippen LogP contribution in [0.15, 0.2) is 24.3 Å². The molecule has 6 N–H and O–H groups in total. The first kappa shape index (κ1) is 22.6. The lowest BCUT2D eigenvalue weighted by molar-refractivity contribution is -0.0955. The molecule has 0 saturated heterocycles. The van der Waals surface area contributed by atoms with Crippen LogP contribution < -0.4 is 16.4 Å². The molecular weight excluding hydrogens is 383 g/mol. The number of guanidine groups is 1. The van der Waals surface area contributed by atoms with Crippen molar-refractivity contribution in [2.24, 2.45) is 5.73 Å². The van der Waals surface area contributed by atoms with Gasteiger partial charge in [-0.25, -0.2) is 0 Å². The van der Waals surface area contributed by atoms with Crippen molar-refractivity contribution in [3.05, 3.63) is 35.4 Å². The first-order valence-corrected chi connectivity index (χ1v) is 10.7. The van der Waals surface area contributed by atoms with Crippen molar-refractivity contribution in [1.29, 1.82) is 5.41 Å². The average molecular weight is 416 g/mol. The first-order valence-electron chi connectivity index (χ1n) is 10.7. The maximum absolute atomic E-state index is 12.8. The van der Waals surface area contributed by atoms with Gasteiger partial charge in [0.2, 0.25) is 0 Å². The minimum absolute atomic E-state index is 0.0584. The van der Waals surface area contributed by atoms with E-state index in [9.17, 15) is 4.79 Å². The fourth-order valence-electron chi connectivity index (χ4n) is 4.91. The standard InChI is InChI=1S/C21H33BN4O4/c1-29-21-10-7-20(8-11-21,9-12-21)16-5-2-4-15(14-16)18(27)26-17(30-22-28)6-3-13-25-19(23)24/h2,4-5,14,17,22,28H,3,6-13H2,1H3,(H,26,27)(H4,23,24,25)/t17-,20?,21?/m1/s1. The molecule has 9 heteroatoms. The summed E-state index contributed by atoms with van der Waals surface area (Å²) in [5.41, 5.74) is 7.29. The molecule has 1 aromatic rings. The van der Waals surface area contributed by atoms with E-state index in [1.54, 1.807) is 0 Å². The van der Waals surface area contributed by atoms with Gasteiger partial charge < -0.3 is 30.8 Å². The molecule has 0 aliphatic heterocycles. The Labute approximate surface area is 178 Å². The predicted molar refractivity (Wildman–Crippen MR) is 116 cm³/mol. The molecule has 1 atom stereocenters. The number of hydrogen-bond acceptors (Lipinski definition) is 5. The average Bonchev–Trinajstić information content (AvgIpc) is 2.78. The minimum Gasteiger partial charge on any atom is -0.430 e. The lowest BCUT2D eigenvalue weighted by Gasteiger charge is -2.53. The Morgan fingerprint density at radius 2 is 2.00 bits per heavy atom. The van der Waals surface area contributed by atoms with E-state index in [-0.39, 0.29) is 22.9 Å². The number of benzene rings is 1. The number of carbonyl (C=O) groups excluding carboxylic acids is 1. The van der Waals surface area contributed by atoms with E-state index in [1.165, 1.54) is 5.56 Å². The zero-order chi connectivity index (χ0) is 21.6. The van der Waals surface area contributed by atoms with Crippen LogP contribution in [0, 0.1) is 5.41 Å². The van der Waals surface area contributed by atoms with E-state index in [4.69, 9.17) is 25.6 Å². The summed E-state index contributed by atoms with van der Waals surface area (Å²) >= 11 is 0. The van der Waals surface area contributed by atoms with E-state index >= 15 is 0 Å². The Morgan fingerprint density at radius 3 is 2.60 bits per heavy atom. The summed E-state index contributed by atoms with van der Waals surface area (Å²) in [6, 6.07) is 7.91. The highest BCUT2D eigenvalue weighted by molar-refractivity contribution is 6.16. The van der Waals surface area contributed by atoms with Crippen molar-refractivity contribution >= 4 is 19.6 Å². The molecule has 1 amide bonds. The van der Waals surface area contributed by atoms with Gasteiger partial charge in [-0.3, -0.25) is 10.2 Å². The maximum atomic E-state index is 12.8. The highest BCUT2D eigenvalue weighted by Gasteiger charge is 2.49. The lowest BCUT2D eigenvalue weighted by atomic mass is 9.56. The van der Waals surface area contributed by atoms with Gasteiger partial charge in [0.1, 0.15) is 6.23 Å². The van der Waals surface area contributed by atoms with E-state index in [0.717, 1.165) is 38.5 Å². The van der Waals surface area contributed by atoms with Gasteiger partial charge in [-0.05, 0) is 74.5 Å². The van der Waals surface area contributed by atoms with Crippen LogP contribution in [0.5, 0.6) is 0 Å². The van der Waals surface area contributed by atoms with E-state index < -0.39 is 13.9 Å². The molecule has 0 aromatic heterocycles. The second kappa shape index (κ2) is 9.81. The largest absolute Gasteiger partial charge is 0.436 e. The van der Waals surface area contributed by atoms with Gasteiger partial charge in [0, 0.05) is 19.2 Å². The Hall–Kier alpha value is -2.10. The number of rotatable bonds is 10. The highest BCUT2D eigenvalue weighted by Crippen LogP contribution is 2.54. The summed E-state index contributed by atoms with van der Waals surface area (Å²) in [5, 5.41) is 21.9. The monoisotopic (exact) mass is 416 g/mol. The van der Waals surface area contributed by atoms with E-state index in [0.29, 0.717) is 24.9 Å². The van der Waals surface area contributed by atoms with Crippen LogP contribution in [0.4, 0.5) is 0 Å². The van der Waals surface area contributed by atoms with E-state index in [1.807, 2.05) is 25.3 Å². The molecule has 3 aliphatic rings. The Balaban J connectivity index is 1.63. The van der Waals surface area contributed by atoms with Crippen LogP contribution in [0.25, 0.3) is 0 Å². The molecule has 0 radical (unpaired) electrons. The predicted octanol–water partition coefficient (Wildman–Crippen LogP) is 1.27. The second-order valence-corrected chi connectivity index (χ2v) is 8.49. The Bertz CT molecular complexity index is 736. The normalized spacial score (nSPS) is 26.1. The molecule has 2 bridgehead atoms. The molecule has 30 heavy (non-hydrogen) atoms. The van der Waals surface area contributed by atoms with Crippen molar-refractivity contribution in [3.63, 3.8) is 0 Å². The van der Waals surface area contributed by atoms with Gasteiger partial charge in [-0.15, -0.1) is 0 Å². The van der Waals surface area contributed by atoms with Gasteiger partial charge in [-0.1, -0.05) is 12.1 Å². The fourth-order valence-corrected chi connectivity index (χ4v) is 4.91. The van der Waals surface area contributed by atoms with Crippen LogP contribution in [0.2, 0.25) is 0 Å². The fraction of sp³-hybridized carbons (Fsp3) is 0.619. The maximum Gasteiger partial charge on any atom is 0.436 e. The molecular formula is C21H33BN4O4. The smallest absolute Gasteiger partial charge is 0.430 e. The number of methoxy groups -OCH3 is 1. The van der Waals surface area contributed by atoms with Crippen molar-refractivity contribution in [2.45, 2.75) is 68.6 Å². The molecule has 3 fully saturated rings. The van der Waals surface area contributed by atoms with Crippen molar-refractivity contribution < 1.29 is 19.2 Å². The third-order valence-electron chi connectivity index (χ3n) is 6.87. The number of carbonyl (C=O) groups is 1. The summed E-state index contributed by atoms with van der Waals surface area (Å²) in [4.78, 5) is 12.8. The molecule has 0 heterocycles. The van der Waals surface area contributed by atoms with Gasteiger partial charge in [0.05, 0.1) is 5.60 Å². The molecule has 0 spiro atoms. The summed E-state index contributed by atoms with van der Waals surface area (Å²) in [6.07, 6.45) is 7.00. The second-order valence-electron chi connectivity index (χ2n) is 8.49. The Kier molecular flexibility index (Phi) is 7.38. The van der Waals surface area contributed by atoms with Crippen molar-refractivity contribution in [3.8, 4) is 0 Å². The number of nitrogens with two attached hydrogens (primary N) is 1. The van der Waals surface area contributed by atoms with Crippen LogP contribution in [0.3, 0.4) is 0 Å². The van der Waals surface area contributed by atoms with Crippen LogP contribution in [0.1, 0.15) is 67.3 Å². The number of ether oxygens (including phenoxy) is 1. The van der Waals surface area contributed by atoms with Gasteiger partial charge in [0.15, 0.2) is 5.96 Å². The zero-order valence-electron chi connectivity index (χ0n) is 17.7. The molecule has 1 aromatic carbocycles.